The summed E-state index contributed by atoms with van der Waals surface area (Å²) in [5.41, 5.74) is 4.41. The molecule has 0 radical (unpaired) electrons. The first-order valence-electron chi connectivity index (χ1n) is 10.2. The minimum absolute atomic E-state index is 0.113. The molecule has 0 spiro atoms. The van der Waals surface area contributed by atoms with Crippen LogP contribution in [0.1, 0.15) is 33.3 Å². The lowest BCUT2D eigenvalue weighted by Gasteiger charge is -2.16. The number of para-hydroxylation sites is 1. The van der Waals surface area contributed by atoms with E-state index in [1.54, 1.807) is 30.5 Å². The summed E-state index contributed by atoms with van der Waals surface area (Å²) in [6.45, 7) is 2.01. The van der Waals surface area contributed by atoms with Crippen LogP contribution >= 0.6 is 11.6 Å². The number of hydrogen-bond acceptors (Lipinski definition) is 5. The third-order valence-corrected chi connectivity index (χ3v) is 5.66. The molecule has 7 heteroatoms. The Kier molecular flexibility index (Phi) is 5.29. The highest BCUT2D eigenvalue weighted by molar-refractivity contribution is 6.30. The van der Waals surface area contributed by atoms with Crippen molar-refractivity contribution in [2.24, 2.45) is 11.1 Å². The fourth-order valence-corrected chi connectivity index (χ4v) is 3.83. The summed E-state index contributed by atoms with van der Waals surface area (Å²) in [6.07, 6.45) is 0.930. The van der Waals surface area contributed by atoms with E-state index in [1.165, 1.54) is 4.80 Å². The molecule has 3 aromatic carbocycles. The van der Waals surface area contributed by atoms with Gasteiger partial charge in [-0.2, -0.15) is 9.90 Å². The minimum Gasteiger partial charge on any atom is -0.384 e. The van der Waals surface area contributed by atoms with Gasteiger partial charge in [0.05, 0.1) is 11.9 Å². The molecule has 5 rings (SSSR count). The minimum atomic E-state index is -0.688. The van der Waals surface area contributed by atoms with E-state index >= 15 is 0 Å². The molecule has 2 atom stereocenters. The zero-order chi connectivity index (χ0) is 22.1. The van der Waals surface area contributed by atoms with E-state index in [1.807, 2.05) is 61.5 Å². The van der Waals surface area contributed by atoms with Crippen LogP contribution in [0.3, 0.4) is 0 Å². The molecule has 1 aromatic heterocycles. The highest BCUT2D eigenvalue weighted by Crippen LogP contribution is 2.36. The number of ketones is 1. The Hall–Kier alpha value is -3.77. The summed E-state index contributed by atoms with van der Waals surface area (Å²) in [5.74, 6) is -0.780. The highest BCUT2D eigenvalue weighted by atomic mass is 35.5. The standard InChI is InChI=1S/C25H19ClN4O2/c1-16-7-9-17(10-8-16)23-22(24(31)18-11-13-19(26)14-12-18)25(32-29-23)21-15-27-30(28-21)20-5-3-2-4-6-20/h2-15,22,25H,1H3. The first kappa shape index (κ1) is 20.2. The van der Waals surface area contributed by atoms with Crippen molar-refractivity contribution in [1.82, 2.24) is 15.0 Å². The van der Waals surface area contributed by atoms with Gasteiger partial charge in [-0.3, -0.25) is 4.79 Å². The molecule has 4 aromatic rings. The first-order valence-corrected chi connectivity index (χ1v) is 10.6. The summed E-state index contributed by atoms with van der Waals surface area (Å²) in [4.78, 5) is 20.9. The van der Waals surface area contributed by atoms with Crippen molar-refractivity contribution in [3.05, 3.63) is 112 Å². The maximum Gasteiger partial charge on any atom is 0.188 e. The molecular weight excluding hydrogens is 424 g/mol. The van der Waals surface area contributed by atoms with Crippen LogP contribution in [0.5, 0.6) is 0 Å². The molecule has 158 valence electrons. The topological polar surface area (TPSA) is 69.4 Å². The number of hydrogen-bond donors (Lipinski definition) is 0. The monoisotopic (exact) mass is 442 g/mol. The molecule has 0 saturated heterocycles. The van der Waals surface area contributed by atoms with Crippen LogP contribution in [0.2, 0.25) is 5.02 Å². The Morgan fingerprint density at radius 2 is 1.69 bits per heavy atom. The molecule has 0 bridgehead atoms. The van der Waals surface area contributed by atoms with Crippen LogP contribution in [0.4, 0.5) is 0 Å². The molecule has 0 amide bonds. The van der Waals surface area contributed by atoms with E-state index in [0.717, 1.165) is 16.8 Å². The van der Waals surface area contributed by atoms with E-state index in [-0.39, 0.29) is 5.78 Å². The van der Waals surface area contributed by atoms with Gasteiger partial charge in [-0.25, -0.2) is 0 Å². The van der Waals surface area contributed by atoms with Crippen LogP contribution in [-0.4, -0.2) is 26.5 Å². The van der Waals surface area contributed by atoms with Crippen molar-refractivity contribution < 1.29 is 9.63 Å². The number of oxime groups is 1. The summed E-state index contributed by atoms with van der Waals surface area (Å²) in [6, 6.07) is 24.3. The van der Waals surface area contributed by atoms with Crippen molar-refractivity contribution >= 4 is 23.1 Å². The SMILES string of the molecule is Cc1ccc(C2=NOC(c3cnn(-c4ccccc4)n3)C2C(=O)c2ccc(Cl)cc2)cc1. The second-order valence-corrected chi connectivity index (χ2v) is 8.05. The van der Waals surface area contributed by atoms with Crippen LogP contribution in [0, 0.1) is 12.8 Å². The van der Waals surface area contributed by atoms with Gasteiger partial charge in [0.1, 0.15) is 17.3 Å². The average Bonchev–Trinajstić information content (AvgIpc) is 3.48. The van der Waals surface area contributed by atoms with Gasteiger partial charge in [-0.05, 0) is 43.3 Å². The predicted molar refractivity (Wildman–Crippen MR) is 122 cm³/mol. The molecule has 0 saturated carbocycles. The van der Waals surface area contributed by atoms with Crippen molar-refractivity contribution in [2.75, 3.05) is 0 Å². The number of Topliss-reactive ketones (excluding diaryl/α,β-unsaturated/α-hetero) is 1. The summed E-state index contributed by atoms with van der Waals surface area (Å²) in [7, 11) is 0. The molecular formula is C25H19ClN4O2. The number of halogens is 1. The highest BCUT2D eigenvalue weighted by Gasteiger charge is 2.43. The Bertz CT molecular complexity index is 1280. The Morgan fingerprint density at radius 3 is 2.41 bits per heavy atom. The number of rotatable bonds is 5. The summed E-state index contributed by atoms with van der Waals surface area (Å²) < 4.78 is 0. The number of benzene rings is 3. The predicted octanol–water partition coefficient (Wildman–Crippen LogP) is 5.20. The maximum absolute atomic E-state index is 13.6. The van der Waals surface area contributed by atoms with Gasteiger partial charge >= 0.3 is 0 Å². The number of carbonyl (C=O) groups is 1. The van der Waals surface area contributed by atoms with Crippen molar-refractivity contribution in [2.45, 2.75) is 13.0 Å². The second kappa shape index (κ2) is 8.40. The lowest BCUT2D eigenvalue weighted by Crippen LogP contribution is -2.27. The smallest absolute Gasteiger partial charge is 0.188 e. The summed E-state index contributed by atoms with van der Waals surface area (Å²) in [5, 5.41) is 13.8. The van der Waals surface area contributed by atoms with Gasteiger partial charge in [0.15, 0.2) is 11.9 Å². The van der Waals surface area contributed by atoms with Gasteiger partial charge in [0.25, 0.3) is 0 Å². The van der Waals surface area contributed by atoms with Crippen LogP contribution in [-0.2, 0) is 4.84 Å². The largest absolute Gasteiger partial charge is 0.384 e. The molecule has 0 N–H and O–H groups in total. The van der Waals surface area contributed by atoms with Crippen molar-refractivity contribution in [1.29, 1.82) is 0 Å². The fraction of sp³-hybridized carbons (Fsp3) is 0.120. The third kappa shape index (κ3) is 3.81. The molecule has 1 aliphatic heterocycles. The lowest BCUT2D eigenvalue weighted by molar-refractivity contribution is 0.0509. The number of aryl methyl sites for hydroxylation is 1. The molecule has 0 aliphatic carbocycles. The first-order chi connectivity index (χ1) is 15.6. The zero-order valence-corrected chi connectivity index (χ0v) is 18.0. The van der Waals surface area contributed by atoms with Gasteiger partial charge < -0.3 is 4.84 Å². The molecule has 2 heterocycles. The summed E-state index contributed by atoms with van der Waals surface area (Å²) >= 11 is 6.02. The molecule has 1 aliphatic rings. The quantitative estimate of drug-likeness (QED) is 0.398. The van der Waals surface area contributed by atoms with Gasteiger partial charge in [-0.15, -0.1) is 5.10 Å². The fourth-order valence-electron chi connectivity index (χ4n) is 3.70. The number of carbonyl (C=O) groups excluding carboxylic acids is 1. The normalized spacial score (nSPS) is 17.6. The number of nitrogens with zero attached hydrogens (tertiary/aromatic N) is 4. The molecule has 32 heavy (non-hydrogen) atoms. The zero-order valence-electron chi connectivity index (χ0n) is 17.2. The molecule has 2 unspecified atom stereocenters. The second-order valence-electron chi connectivity index (χ2n) is 7.61. The van der Waals surface area contributed by atoms with Crippen LogP contribution in [0.25, 0.3) is 5.69 Å². The number of aromatic nitrogens is 3. The maximum atomic E-state index is 13.6. The molecule has 6 nitrogen and oxygen atoms in total. The Balaban J connectivity index is 1.53. The van der Waals surface area contributed by atoms with E-state index in [0.29, 0.717) is 22.0 Å². The van der Waals surface area contributed by atoms with Gasteiger partial charge in [0.2, 0.25) is 0 Å². The van der Waals surface area contributed by atoms with Crippen LogP contribution in [0.15, 0.2) is 90.2 Å². The third-order valence-electron chi connectivity index (χ3n) is 5.41. The van der Waals surface area contributed by atoms with Gasteiger partial charge in [-0.1, -0.05) is 64.8 Å². The lowest BCUT2D eigenvalue weighted by atomic mass is 9.84. The molecule has 0 fully saturated rings. The van der Waals surface area contributed by atoms with E-state index in [2.05, 4.69) is 15.4 Å². The van der Waals surface area contributed by atoms with E-state index in [4.69, 9.17) is 16.4 Å². The van der Waals surface area contributed by atoms with Crippen molar-refractivity contribution in [3.8, 4) is 5.69 Å². The Labute approximate surface area is 190 Å². The van der Waals surface area contributed by atoms with E-state index < -0.39 is 12.0 Å². The van der Waals surface area contributed by atoms with E-state index in [9.17, 15) is 4.79 Å². The van der Waals surface area contributed by atoms with Crippen LogP contribution < -0.4 is 0 Å². The Morgan fingerprint density at radius 1 is 0.969 bits per heavy atom. The average molecular weight is 443 g/mol. The van der Waals surface area contributed by atoms with Gasteiger partial charge in [0, 0.05) is 16.1 Å². The van der Waals surface area contributed by atoms with Crippen molar-refractivity contribution in [3.63, 3.8) is 0 Å².